The first-order chi connectivity index (χ1) is 7.71. The van der Waals surface area contributed by atoms with Crippen molar-refractivity contribution in [3.63, 3.8) is 0 Å². The van der Waals surface area contributed by atoms with E-state index in [2.05, 4.69) is 25.5 Å². The molecule has 0 amide bonds. The molecule has 3 unspecified atom stereocenters. The lowest BCUT2D eigenvalue weighted by Gasteiger charge is -2.42. The lowest BCUT2D eigenvalue weighted by Crippen LogP contribution is -2.53. The van der Waals surface area contributed by atoms with Gasteiger partial charge in [-0.2, -0.15) is 0 Å². The summed E-state index contributed by atoms with van der Waals surface area (Å²) in [6, 6.07) is 0.0605. The fraction of sp³-hybridized carbons (Fsp3) is 1.00. The minimum Gasteiger partial charge on any atom is -0.329 e. The van der Waals surface area contributed by atoms with E-state index in [1.54, 1.807) is 0 Å². The van der Waals surface area contributed by atoms with Crippen molar-refractivity contribution >= 4 is 10.0 Å². The van der Waals surface area contributed by atoms with Crippen molar-refractivity contribution < 1.29 is 8.42 Å². The van der Waals surface area contributed by atoms with Crippen LogP contribution >= 0.6 is 0 Å². The Morgan fingerprint density at radius 2 is 2.00 bits per heavy atom. The quantitative estimate of drug-likeness (QED) is 0.794. The SMILES string of the molecule is CC12CCC(C1)C(C)(C)C2NS(=O)(=O)CCN. The molecule has 100 valence electrons. The summed E-state index contributed by atoms with van der Waals surface area (Å²) in [4.78, 5) is 0. The Hall–Kier alpha value is -0.130. The normalized spacial score (nSPS) is 39.8. The lowest BCUT2D eigenvalue weighted by molar-refractivity contribution is 0.127. The van der Waals surface area contributed by atoms with Crippen LogP contribution in [0.4, 0.5) is 0 Å². The van der Waals surface area contributed by atoms with Crippen LogP contribution in [0.3, 0.4) is 0 Å². The number of rotatable bonds is 4. The van der Waals surface area contributed by atoms with Crippen molar-refractivity contribution in [1.29, 1.82) is 0 Å². The van der Waals surface area contributed by atoms with Crippen LogP contribution in [-0.4, -0.2) is 26.8 Å². The van der Waals surface area contributed by atoms with E-state index >= 15 is 0 Å². The summed E-state index contributed by atoms with van der Waals surface area (Å²) in [5.41, 5.74) is 5.55. The molecule has 0 heterocycles. The Morgan fingerprint density at radius 3 is 2.47 bits per heavy atom. The second-order valence-corrected chi connectivity index (χ2v) is 8.45. The summed E-state index contributed by atoms with van der Waals surface area (Å²) in [6.07, 6.45) is 3.52. The number of hydrogen-bond acceptors (Lipinski definition) is 3. The van der Waals surface area contributed by atoms with E-state index in [1.807, 2.05) is 0 Å². The average molecular weight is 260 g/mol. The van der Waals surface area contributed by atoms with Gasteiger partial charge in [-0.3, -0.25) is 0 Å². The first-order valence-electron chi connectivity index (χ1n) is 6.41. The van der Waals surface area contributed by atoms with Crippen LogP contribution in [0.2, 0.25) is 0 Å². The highest BCUT2D eigenvalue weighted by atomic mass is 32.2. The Labute approximate surface area is 104 Å². The van der Waals surface area contributed by atoms with E-state index < -0.39 is 10.0 Å². The van der Waals surface area contributed by atoms with Gasteiger partial charge in [0.05, 0.1) is 5.75 Å². The number of fused-ring (bicyclic) bond motifs is 2. The topological polar surface area (TPSA) is 72.2 Å². The molecule has 3 N–H and O–H groups in total. The Kier molecular flexibility index (Phi) is 3.08. The molecule has 17 heavy (non-hydrogen) atoms. The van der Waals surface area contributed by atoms with Gasteiger partial charge in [-0.1, -0.05) is 20.8 Å². The Bertz CT molecular complexity index is 400. The maximum absolute atomic E-state index is 11.9. The molecule has 0 radical (unpaired) electrons. The number of hydrogen-bond donors (Lipinski definition) is 2. The van der Waals surface area contributed by atoms with Crippen LogP contribution < -0.4 is 10.5 Å². The smallest absolute Gasteiger partial charge is 0.213 e. The van der Waals surface area contributed by atoms with Crippen LogP contribution in [-0.2, 0) is 10.0 Å². The van der Waals surface area contributed by atoms with E-state index in [0.717, 1.165) is 12.8 Å². The molecule has 2 aliphatic carbocycles. The standard InChI is InChI=1S/C12H24N2O2S/c1-11(2)9-4-5-12(3,8-9)10(11)14-17(15,16)7-6-13/h9-10,14H,4-8,13H2,1-3H3. The predicted octanol–water partition coefficient (Wildman–Crippen LogP) is 1.08. The molecule has 0 aliphatic heterocycles. The molecule has 4 nitrogen and oxygen atoms in total. The highest BCUT2D eigenvalue weighted by molar-refractivity contribution is 7.89. The zero-order valence-electron chi connectivity index (χ0n) is 11.0. The molecule has 0 aromatic rings. The first-order valence-corrected chi connectivity index (χ1v) is 8.06. The fourth-order valence-corrected chi connectivity index (χ4v) is 5.37. The summed E-state index contributed by atoms with van der Waals surface area (Å²) in [6.45, 7) is 6.79. The molecule has 2 aliphatic rings. The molecule has 0 aromatic carbocycles. The van der Waals surface area contributed by atoms with Crippen molar-refractivity contribution in [2.24, 2.45) is 22.5 Å². The summed E-state index contributed by atoms with van der Waals surface area (Å²) >= 11 is 0. The van der Waals surface area contributed by atoms with Gasteiger partial charge in [0.1, 0.15) is 0 Å². The Morgan fingerprint density at radius 1 is 1.35 bits per heavy atom. The number of nitrogens with one attached hydrogen (secondary N) is 1. The summed E-state index contributed by atoms with van der Waals surface area (Å²) in [7, 11) is -3.22. The molecule has 2 rings (SSSR count). The van der Waals surface area contributed by atoms with Crippen molar-refractivity contribution in [3.05, 3.63) is 0 Å². The highest BCUT2D eigenvalue weighted by Crippen LogP contribution is 2.62. The molecular weight excluding hydrogens is 236 g/mol. The second kappa shape index (κ2) is 3.93. The third-order valence-electron chi connectivity index (χ3n) is 4.95. The van der Waals surface area contributed by atoms with Crippen LogP contribution in [0, 0.1) is 16.7 Å². The first kappa shape index (κ1) is 13.3. The predicted molar refractivity (Wildman–Crippen MR) is 69.0 cm³/mol. The summed E-state index contributed by atoms with van der Waals surface area (Å²) < 4.78 is 26.7. The van der Waals surface area contributed by atoms with Gasteiger partial charge in [-0.15, -0.1) is 0 Å². The van der Waals surface area contributed by atoms with E-state index in [4.69, 9.17) is 5.73 Å². The third-order valence-corrected chi connectivity index (χ3v) is 6.32. The van der Waals surface area contributed by atoms with Gasteiger partial charge in [-0.25, -0.2) is 13.1 Å². The Balaban J connectivity index is 2.21. The van der Waals surface area contributed by atoms with E-state index in [0.29, 0.717) is 5.92 Å². The van der Waals surface area contributed by atoms with Crippen molar-refractivity contribution in [1.82, 2.24) is 4.72 Å². The molecule has 0 aromatic heterocycles. The molecule has 0 spiro atoms. The maximum Gasteiger partial charge on any atom is 0.213 e. The van der Waals surface area contributed by atoms with Crippen LogP contribution in [0.15, 0.2) is 0 Å². The van der Waals surface area contributed by atoms with Crippen molar-refractivity contribution in [2.75, 3.05) is 12.3 Å². The molecule has 2 saturated carbocycles. The molecule has 5 heteroatoms. The lowest BCUT2D eigenvalue weighted by atomic mass is 9.69. The molecule has 3 atom stereocenters. The van der Waals surface area contributed by atoms with Gasteiger partial charge in [0.25, 0.3) is 0 Å². The number of nitrogens with two attached hydrogens (primary N) is 1. The van der Waals surface area contributed by atoms with E-state index in [1.165, 1.54) is 6.42 Å². The summed E-state index contributed by atoms with van der Waals surface area (Å²) in [5, 5.41) is 0. The van der Waals surface area contributed by atoms with Gasteiger partial charge in [-0.05, 0) is 36.0 Å². The average Bonchev–Trinajstić information content (AvgIpc) is 2.64. The molecule has 2 bridgehead atoms. The van der Waals surface area contributed by atoms with Crippen LogP contribution in [0.1, 0.15) is 40.0 Å². The zero-order valence-corrected chi connectivity index (χ0v) is 11.8. The van der Waals surface area contributed by atoms with Crippen molar-refractivity contribution in [3.8, 4) is 0 Å². The highest BCUT2D eigenvalue weighted by Gasteiger charge is 2.60. The molecule has 0 saturated heterocycles. The minimum atomic E-state index is -3.22. The fourth-order valence-electron chi connectivity index (χ4n) is 3.99. The van der Waals surface area contributed by atoms with Crippen molar-refractivity contribution in [2.45, 2.75) is 46.1 Å². The monoisotopic (exact) mass is 260 g/mol. The van der Waals surface area contributed by atoms with Crippen LogP contribution in [0.5, 0.6) is 0 Å². The molecular formula is C12H24N2O2S. The van der Waals surface area contributed by atoms with Gasteiger partial charge in [0.2, 0.25) is 10.0 Å². The maximum atomic E-state index is 11.9. The summed E-state index contributed by atoms with van der Waals surface area (Å²) in [5.74, 6) is 0.679. The van der Waals surface area contributed by atoms with E-state index in [-0.39, 0.29) is 29.2 Å². The second-order valence-electron chi connectivity index (χ2n) is 6.57. The number of sulfonamides is 1. The van der Waals surface area contributed by atoms with Gasteiger partial charge in [0.15, 0.2) is 0 Å². The van der Waals surface area contributed by atoms with E-state index in [9.17, 15) is 8.42 Å². The minimum absolute atomic E-state index is 0.0281. The van der Waals surface area contributed by atoms with Crippen LogP contribution in [0.25, 0.3) is 0 Å². The molecule has 2 fully saturated rings. The largest absolute Gasteiger partial charge is 0.329 e. The third kappa shape index (κ3) is 2.13. The van der Waals surface area contributed by atoms with Gasteiger partial charge in [0, 0.05) is 12.6 Å². The van der Waals surface area contributed by atoms with Gasteiger partial charge < -0.3 is 5.73 Å². The van der Waals surface area contributed by atoms with Gasteiger partial charge >= 0.3 is 0 Å². The zero-order chi connectivity index (χ0) is 12.9.